The third-order valence-corrected chi connectivity index (χ3v) is 4.37. The molecule has 2 unspecified atom stereocenters. The van der Waals surface area contributed by atoms with E-state index in [1.54, 1.807) is 0 Å². The van der Waals surface area contributed by atoms with Crippen molar-refractivity contribution in [3.05, 3.63) is 35.4 Å². The van der Waals surface area contributed by atoms with Gasteiger partial charge in [0.05, 0.1) is 0 Å². The lowest BCUT2D eigenvalue weighted by molar-refractivity contribution is 0.245. The first-order valence-corrected chi connectivity index (χ1v) is 7.18. The average molecular weight is 239 g/mol. The van der Waals surface area contributed by atoms with E-state index in [4.69, 9.17) is 0 Å². The highest BCUT2D eigenvalue weighted by Crippen LogP contribution is 2.35. The highest BCUT2D eigenvalue weighted by atomic mass is 15.2. The SMILES string of the molecule is Cc1cccc(C#CN2CCC3CCCCC32)c1. The molecule has 2 aliphatic rings. The molecule has 18 heavy (non-hydrogen) atoms. The molecule has 0 amide bonds. The molecule has 1 saturated carbocycles. The third-order valence-electron chi connectivity index (χ3n) is 4.37. The number of nitrogens with zero attached hydrogens (tertiary/aromatic N) is 1. The van der Waals surface area contributed by atoms with Crippen LogP contribution in [0.2, 0.25) is 0 Å². The molecule has 0 radical (unpaired) electrons. The summed E-state index contributed by atoms with van der Waals surface area (Å²) in [5, 5.41) is 0. The van der Waals surface area contributed by atoms with Gasteiger partial charge in [-0.05, 0) is 55.7 Å². The van der Waals surface area contributed by atoms with Crippen LogP contribution in [0, 0.1) is 24.8 Å². The van der Waals surface area contributed by atoms with Crippen molar-refractivity contribution < 1.29 is 0 Å². The molecule has 1 aliphatic heterocycles. The first kappa shape index (κ1) is 11.7. The predicted octanol–water partition coefficient (Wildman–Crippen LogP) is 3.57. The zero-order valence-electron chi connectivity index (χ0n) is 11.2. The second kappa shape index (κ2) is 5.06. The number of hydrogen-bond donors (Lipinski definition) is 0. The number of likely N-dealkylation sites (tertiary alicyclic amines) is 1. The van der Waals surface area contributed by atoms with Crippen molar-refractivity contribution >= 4 is 0 Å². The zero-order chi connectivity index (χ0) is 12.4. The molecule has 3 rings (SSSR count). The summed E-state index contributed by atoms with van der Waals surface area (Å²) in [6, 6.07) is 12.6. The van der Waals surface area contributed by atoms with E-state index < -0.39 is 0 Å². The van der Waals surface area contributed by atoms with Crippen molar-refractivity contribution in [3.63, 3.8) is 0 Å². The largest absolute Gasteiger partial charge is 0.329 e. The Morgan fingerprint density at radius 2 is 2.06 bits per heavy atom. The van der Waals surface area contributed by atoms with Gasteiger partial charge in [0.15, 0.2) is 0 Å². The second-order valence-corrected chi connectivity index (χ2v) is 5.70. The van der Waals surface area contributed by atoms with Gasteiger partial charge in [-0.25, -0.2) is 0 Å². The Morgan fingerprint density at radius 3 is 2.94 bits per heavy atom. The van der Waals surface area contributed by atoms with E-state index >= 15 is 0 Å². The Balaban J connectivity index is 1.73. The van der Waals surface area contributed by atoms with Gasteiger partial charge in [-0.1, -0.05) is 25.0 Å². The molecule has 1 heterocycles. The Labute approximate surface area is 110 Å². The molecule has 1 aromatic rings. The minimum absolute atomic E-state index is 0.746. The lowest BCUT2D eigenvalue weighted by atomic mass is 9.85. The average Bonchev–Trinajstić information content (AvgIpc) is 2.80. The molecular formula is C17H21N. The van der Waals surface area contributed by atoms with Gasteiger partial charge in [0.2, 0.25) is 0 Å². The topological polar surface area (TPSA) is 3.24 Å². The van der Waals surface area contributed by atoms with Crippen LogP contribution in [-0.4, -0.2) is 17.5 Å². The van der Waals surface area contributed by atoms with E-state index in [1.165, 1.54) is 44.2 Å². The van der Waals surface area contributed by atoms with Crippen LogP contribution in [0.4, 0.5) is 0 Å². The van der Waals surface area contributed by atoms with Crippen LogP contribution in [0.15, 0.2) is 24.3 Å². The molecule has 94 valence electrons. The van der Waals surface area contributed by atoms with Crippen LogP contribution >= 0.6 is 0 Å². The molecule has 0 aromatic heterocycles. The summed E-state index contributed by atoms with van der Waals surface area (Å²) >= 11 is 0. The highest BCUT2D eigenvalue weighted by Gasteiger charge is 2.34. The molecule has 1 nitrogen and oxygen atoms in total. The Bertz CT molecular complexity index is 480. The van der Waals surface area contributed by atoms with Gasteiger partial charge in [-0.3, -0.25) is 0 Å². The fraction of sp³-hybridized carbons (Fsp3) is 0.529. The lowest BCUT2D eigenvalue weighted by Crippen LogP contribution is -2.31. The summed E-state index contributed by atoms with van der Waals surface area (Å²) in [7, 11) is 0. The summed E-state index contributed by atoms with van der Waals surface area (Å²) < 4.78 is 0. The van der Waals surface area contributed by atoms with Crippen LogP contribution in [0.3, 0.4) is 0 Å². The quantitative estimate of drug-likeness (QED) is 0.626. The molecule has 0 bridgehead atoms. The molecule has 0 N–H and O–H groups in total. The number of hydrogen-bond acceptors (Lipinski definition) is 1. The van der Waals surface area contributed by atoms with Crippen LogP contribution in [0.5, 0.6) is 0 Å². The lowest BCUT2D eigenvalue weighted by Gasteiger charge is -2.29. The van der Waals surface area contributed by atoms with Gasteiger partial charge in [0.25, 0.3) is 0 Å². The second-order valence-electron chi connectivity index (χ2n) is 5.70. The first-order chi connectivity index (χ1) is 8.83. The summed E-state index contributed by atoms with van der Waals surface area (Å²) in [6.45, 7) is 3.30. The monoisotopic (exact) mass is 239 g/mol. The molecule has 1 saturated heterocycles. The van der Waals surface area contributed by atoms with Crippen molar-refractivity contribution in [2.24, 2.45) is 5.92 Å². The van der Waals surface area contributed by atoms with E-state index in [1.807, 2.05) is 0 Å². The molecule has 2 atom stereocenters. The number of benzene rings is 1. The van der Waals surface area contributed by atoms with Gasteiger partial charge >= 0.3 is 0 Å². The Morgan fingerprint density at radius 1 is 1.17 bits per heavy atom. The van der Waals surface area contributed by atoms with E-state index in [0.717, 1.165) is 17.5 Å². The first-order valence-electron chi connectivity index (χ1n) is 7.18. The van der Waals surface area contributed by atoms with Crippen LogP contribution in [0.1, 0.15) is 43.2 Å². The molecule has 1 aromatic carbocycles. The van der Waals surface area contributed by atoms with Gasteiger partial charge in [0, 0.05) is 24.2 Å². The highest BCUT2D eigenvalue weighted by molar-refractivity contribution is 5.36. The van der Waals surface area contributed by atoms with E-state index in [-0.39, 0.29) is 0 Å². The minimum Gasteiger partial charge on any atom is -0.329 e. The molecular weight excluding hydrogens is 218 g/mol. The predicted molar refractivity (Wildman–Crippen MR) is 75.1 cm³/mol. The third kappa shape index (κ3) is 2.38. The van der Waals surface area contributed by atoms with Gasteiger partial charge < -0.3 is 4.90 Å². The van der Waals surface area contributed by atoms with Gasteiger partial charge in [0.1, 0.15) is 0 Å². The van der Waals surface area contributed by atoms with E-state index in [9.17, 15) is 0 Å². The summed E-state index contributed by atoms with van der Waals surface area (Å²) in [6.07, 6.45) is 6.96. The summed E-state index contributed by atoms with van der Waals surface area (Å²) in [4.78, 5) is 2.41. The summed E-state index contributed by atoms with van der Waals surface area (Å²) in [5.41, 5.74) is 2.44. The molecule has 2 fully saturated rings. The normalized spacial score (nSPS) is 26.4. The fourth-order valence-corrected chi connectivity index (χ4v) is 3.40. The van der Waals surface area contributed by atoms with Crippen LogP contribution in [-0.2, 0) is 0 Å². The maximum atomic E-state index is 3.41. The van der Waals surface area contributed by atoms with Gasteiger partial charge in [-0.2, -0.15) is 0 Å². The number of aryl methyl sites for hydroxylation is 1. The molecule has 1 aliphatic carbocycles. The maximum Gasteiger partial charge on any atom is 0.0400 e. The van der Waals surface area contributed by atoms with Gasteiger partial charge in [-0.15, -0.1) is 0 Å². The van der Waals surface area contributed by atoms with Crippen molar-refractivity contribution in [3.8, 4) is 12.0 Å². The smallest absolute Gasteiger partial charge is 0.0400 e. The van der Waals surface area contributed by atoms with E-state index in [2.05, 4.69) is 48.1 Å². The van der Waals surface area contributed by atoms with Crippen LogP contribution in [0.25, 0.3) is 0 Å². The van der Waals surface area contributed by atoms with Crippen molar-refractivity contribution in [2.75, 3.05) is 6.54 Å². The fourth-order valence-electron chi connectivity index (χ4n) is 3.40. The van der Waals surface area contributed by atoms with E-state index in [0.29, 0.717) is 0 Å². The number of fused-ring (bicyclic) bond motifs is 1. The summed E-state index contributed by atoms with van der Waals surface area (Å²) in [5.74, 6) is 4.26. The minimum atomic E-state index is 0.746. The van der Waals surface area contributed by atoms with Crippen molar-refractivity contribution in [1.29, 1.82) is 0 Å². The Hall–Kier alpha value is -1.42. The Kier molecular flexibility index (Phi) is 3.28. The maximum absolute atomic E-state index is 3.41. The molecule has 1 heteroatoms. The van der Waals surface area contributed by atoms with Crippen LogP contribution < -0.4 is 0 Å². The standard InChI is InChI=1S/C17H21N/c1-14-5-4-6-15(13-14)9-11-18-12-10-16-7-2-3-8-17(16)18/h4-6,13,16-17H,2-3,7-8,10,12H2,1H3. The van der Waals surface area contributed by atoms with Crippen molar-refractivity contribution in [2.45, 2.75) is 45.1 Å². The molecule has 0 spiro atoms. The number of rotatable bonds is 0. The zero-order valence-corrected chi connectivity index (χ0v) is 11.2. The van der Waals surface area contributed by atoms with Crippen molar-refractivity contribution in [1.82, 2.24) is 4.90 Å².